The number of rotatable bonds is 4. The van der Waals surface area contributed by atoms with Crippen LogP contribution in [0.1, 0.15) is 21.5 Å². The van der Waals surface area contributed by atoms with E-state index in [4.69, 9.17) is 16.7 Å². The van der Waals surface area contributed by atoms with E-state index in [1.165, 1.54) is 18.2 Å². The Bertz CT molecular complexity index is 1230. The predicted molar refractivity (Wildman–Crippen MR) is 105 cm³/mol. The molecule has 142 valence electrons. The highest BCUT2D eigenvalue weighted by molar-refractivity contribution is 6.33. The fourth-order valence-corrected chi connectivity index (χ4v) is 2.79. The Morgan fingerprint density at radius 2 is 1.93 bits per heavy atom. The summed E-state index contributed by atoms with van der Waals surface area (Å²) in [7, 11) is 0. The molecule has 0 fully saturated rings. The zero-order valence-corrected chi connectivity index (χ0v) is 15.3. The number of hydrogen-bond acceptors (Lipinski definition) is 5. The van der Waals surface area contributed by atoms with E-state index in [-0.39, 0.29) is 21.8 Å². The largest absolute Gasteiger partial charge is 0.493 e. The summed E-state index contributed by atoms with van der Waals surface area (Å²) in [4.78, 5) is 41.7. The van der Waals surface area contributed by atoms with Crippen molar-refractivity contribution in [2.75, 3.05) is 0 Å². The van der Waals surface area contributed by atoms with Gasteiger partial charge in [0.15, 0.2) is 0 Å². The molecule has 0 aliphatic carbocycles. The number of aromatic nitrogens is 2. The van der Waals surface area contributed by atoms with Gasteiger partial charge in [0.25, 0.3) is 5.56 Å². The molecule has 3 N–H and O–H groups in total. The molecule has 1 heterocycles. The number of carbonyl (C=O) groups is 1. The van der Waals surface area contributed by atoms with Gasteiger partial charge in [-0.15, -0.1) is 0 Å². The molecule has 3 rings (SSSR count). The minimum absolute atomic E-state index is 0.0419. The number of nitrogens with zero attached hydrogens (tertiary/aromatic N) is 2. The van der Waals surface area contributed by atoms with Crippen molar-refractivity contribution in [1.29, 1.82) is 0 Å². The van der Waals surface area contributed by atoms with E-state index in [9.17, 15) is 19.5 Å². The second kappa shape index (κ2) is 7.53. The third-order valence-corrected chi connectivity index (χ3v) is 4.33. The molecule has 0 aliphatic rings. The highest BCUT2D eigenvalue weighted by atomic mass is 35.5. The molecule has 0 aliphatic heterocycles. The number of aryl methyl sites for hydroxylation is 1. The standard InChI is InChI=1S/C19H14ClN3O5/c1-10-4-2-3-5-15(10)23-17(25)13(16(24)22-19(23)28)9-21-11-6-7-14(20)12(8-11)18(26)27/h2-9,25H,1H3,(H,26,27)(H,22,24,28). The predicted octanol–water partition coefficient (Wildman–Crippen LogP) is 2.64. The number of para-hydroxylation sites is 1. The van der Waals surface area contributed by atoms with Gasteiger partial charge in [-0.3, -0.25) is 14.8 Å². The molecule has 0 saturated heterocycles. The molecule has 0 unspecified atom stereocenters. The van der Waals surface area contributed by atoms with Gasteiger partial charge in [-0.25, -0.2) is 14.2 Å². The summed E-state index contributed by atoms with van der Waals surface area (Å²) in [5.41, 5.74) is -0.727. The van der Waals surface area contributed by atoms with Crippen LogP contribution in [0, 0.1) is 6.92 Å². The van der Waals surface area contributed by atoms with Crippen molar-refractivity contribution in [2.45, 2.75) is 6.92 Å². The maximum Gasteiger partial charge on any atom is 0.337 e. The number of aromatic carboxylic acids is 1. The number of hydrogen-bond donors (Lipinski definition) is 3. The molecular formula is C19H14ClN3O5. The van der Waals surface area contributed by atoms with Gasteiger partial charge < -0.3 is 10.2 Å². The Morgan fingerprint density at radius 3 is 2.61 bits per heavy atom. The summed E-state index contributed by atoms with van der Waals surface area (Å²) >= 11 is 5.81. The third kappa shape index (κ3) is 3.58. The lowest BCUT2D eigenvalue weighted by Gasteiger charge is -2.11. The summed E-state index contributed by atoms with van der Waals surface area (Å²) in [6, 6.07) is 10.9. The fourth-order valence-electron chi connectivity index (χ4n) is 2.59. The van der Waals surface area contributed by atoms with Gasteiger partial charge in [-0.1, -0.05) is 29.8 Å². The Morgan fingerprint density at radius 1 is 1.21 bits per heavy atom. The zero-order valence-electron chi connectivity index (χ0n) is 14.5. The van der Waals surface area contributed by atoms with Crippen LogP contribution in [0.15, 0.2) is 57.0 Å². The van der Waals surface area contributed by atoms with E-state index < -0.39 is 23.1 Å². The van der Waals surface area contributed by atoms with Crippen molar-refractivity contribution >= 4 is 29.5 Å². The van der Waals surface area contributed by atoms with E-state index in [1.807, 2.05) is 0 Å². The van der Waals surface area contributed by atoms with E-state index >= 15 is 0 Å². The van der Waals surface area contributed by atoms with E-state index in [1.54, 1.807) is 31.2 Å². The molecule has 0 atom stereocenters. The molecule has 1 aromatic heterocycles. The summed E-state index contributed by atoms with van der Waals surface area (Å²) < 4.78 is 0.961. The van der Waals surface area contributed by atoms with E-state index in [2.05, 4.69) is 9.98 Å². The highest BCUT2D eigenvalue weighted by Crippen LogP contribution is 2.23. The summed E-state index contributed by atoms with van der Waals surface area (Å²) in [6.45, 7) is 1.75. The second-order valence-corrected chi connectivity index (χ2v) is 6.25. The number of aromatic amines is 1. The molecule has 0 amide bonds. The Hall–Kier alpha value is -3.65. The van der Waals surface area contributed by atoms with Crippen molar-refractivity contribution < 1.29 is 15.0 Å². The second-order valence-electron chi connectivity index (χ2n) is 5.85. The number of halogens is 1. The van der Waals surface area contributed by atoms with Crippen molar-refractivity contribution in [3.05, 3.63) is 85.0 Å². The molecule has 0 saturated carbocycles. The van der Waals surface area contributed by atoms with Gasteiger partial charge in [-0.2, -0.15) is 0 Å². The van der Waals surface area contributed by atoms with Crippen LogP contribution in [0.3, 0.4) is 0 Å². The molecule has 0 spiro atoms. The first-order valence-corrected chi connectivity index (χ1v) is 8.38. The van der Waals surface area contributed by atoms with E-state index in [0.717, 1.165) is 10.8 Å². The smallest absolute Gasteiger partial charge is 0.337 e. The van der Waals surface area contributed by atoms with Crippen LogP contribution < -0.4 is 11.2 Å². The Kier molecular flexibility index (Phi) is 5.14. The first kappa shape index (κ1) is 19.1. The average Bonchev–Trinajstić information content (AvgIpc) is 2.63. The molecule has 3 aromatic rings. The average molecular weight is 400 g/mol. The van der Waals surface area contributed by atoms with Crippen molar-refractivity contribution in [1.82, 2.24) is 9.55 Å². The molecule has 8 nitrogen and oxygen atoms in total. The summed E-state index contributed by atoms with van der Waals surface area (Å²) in [5.74, 6) is -1.81. The number of nitrogens with one attached hydrogen (secondary N) is 1. The third-order valence-electron chi connectivity index (χ3n) is 4.00. The topological polar surface area (TPSA) is 125 Å². The number of carboxylic acids is 1. The quantitative estimate of drug-likeness (QED) is 0.581. The van der Waals surface area contributed by atoms with Crippen LogP contribution >= 0.6 is 11.6 Å². The van der Waals surface area contributed by atoms with Crippen molar-refractivity contribution in [3.63, 3.8) is 0 Å². The van der Waals surface area contributed by atoms with Gasteiger partial charge >= 0.3 is 11.7 Å². The Balaban J connectivity index is 2.13. The number of benzene rings is 2. The van der Waals surface area contributed by atoms with Crippen LogP contribution in [0.25, 0.3) is 5.69 Å². The lowest BCUT2D eigenvalue weighted by molar-refractivity contribution is 0.0697. The lowest BCUT2D eigenvalue weighted by Crippen LogP contribution is -2.31. The highest BCUT2D eigenvalue weighted by Gasteiger charge is 2.15. The van der Waals surface area contributed by atoms with Gasteiger partial charge in [0.05, 0.1) is 22.0 Å². The van der Waals surface area contributed by atoms with Crippen molar-refractivity contribution in [3.8, 4) is 11.6 Å². The molecule has 0 bridgehead atoms. The van der Waals surface area contributed by atoms with Crippen LogP contribution in [-0.4, -0.2) is 31.9 Å². The number of H-pyrrole nitrogens is 1. The van der Waals surface area contributed by atoms with Crippen LogP contribution in [-0.2, 0) is 0 Å². The van der Waals surface area contributed by atoms with Crippen LogP contribution in [0.5, 0.6) is 5.88 Å². The summed E-state index contributed by atoms with van der Waals surface area (Å²) in [6.07, 6.45) is 1.05. The normalized spacial score (nSPS) is 11.1. The number of carboxylic acid groups (broad SMARTS) is 1. The van der Waals surface area contributed by atoms with Gasteiger partial charge in [0.1, 0.15) is 5.56 Å². The first-order valence-electron chi connectivity index (χ1n) is 8.01. The van der Waals surface area contributed by atoms with Crippen LogP contribution in [0.4, 0.5) is 5.69 Å². The SMILES string of the molecule is Cc1ccccc1-n1c(O)c(C=Nc2ccc(Cl)c(C(=O)O)c2)c(=O)[nH]c1=O. The van der Waals surface area contributed by atoms with Gasteiger partial charge in [0.2, 0.25) is 5.88 Å². The lowest BCUT2D eigenvalue weighted by atomic mass is 10.2. The minimum Gasteiger partial charge on any atom is -0.493 e. The van der Waals surface area contributed by atoms with Crippen molar-refractivity contribution in [2.24, 2.45) is 4.99 Å². The fraction of sp³-hybridized carbons (Fsp3) is 0.0526. The van der Waals surface area contributed by atoms with E-state index in [0.29, 0.717) is 11.3 Å². The maximum absolute atomic E-state index is 12.2. The Labute approximate surface area is 163 Å². The van der Waals surface area contributed by atoms with Gasteiger partial charge in [-0.05, 0) is 36.8 Å². The monoisotopic (exact) mass is 399 g/mol. The molecule has 28 heavy (non-hydrogen) atoms. The maximum atomic E-state index is 12.2. The zero-order chi connectivity index (χ0) is 20.4. The molecular weight excluding hydrogens is 386 g/mol. The van der Waals surface area contributed by atoms with Gasteiger partial charge in [0, 0.05) is 6.21 Å². The number of aromatic hydroxyl groups is 1. The van der Waals surface area contributed by atoms with Crippen LogP contribution in [0.2, 0.25) is 5.02 Å². The summed E-state index contributed by atoms with van der Waals surface area (Å²) in [5, 5.41) is 19.7. The minimum atomic E-state index is -1.23. The molecule has 2 aromatic carbocycles. The molecule has 0 radical (unpaired) electrons. The first-order chi connectivity index (χ1) is 13.3. The number of aliphatic imine (C=N–C) groups is 1. The molecule has 9 heteroatoms.